The molecule has 218 valence electrons. The molecule has 0 radical (unpaired) electrons. The van der Waals surface area contributed by atoms with Gasteiger partial charge in [0.15, 0.2) is 5.82 Å². The summed E-state index contributed by atoms with van der Waals surface area (Å²) in [5.41, 5.74) is 4.06. The van der Waals surface area contributed by atoms with E-state index in [1.165, 1.54) is 9.58 Å². The van der Waals surface area contributed by atoms with Crippen molar-refractivity contribution in [1.82, 2.24) is 19.7 Å². The molecule has 1 aromatic heterocycles. The van der Waals surface area contributed by atoms with Crippen molar-refractivity contribution in [3.8, 4) is 17.1 Å². The number of carboxylic acids is 1. The predicted octanol–water partition coefficient (Wildman–Crippen LogP) is 4.90. The van der Waals surface area contributed by atoms with E-state index in [0.29, 0.717) is 38.4 Å². The van der Waals surface area contributed by atoms with E-state index < -0.39 is 18.2 Å². The molecule has 0 spiro atoms. The van der Waals surface area contributed by atoms with Gasteiger partial charge in [-0.05, 0) is 48.9 Å². The highest BCUT2D eigenvalue weighted by atomic mass is 16.6. The summed E-state index contributed by atoms with van der Waals surface area (Å²) in [5, 5.41) is 14.3. The number of hydrogen-bond acceptors (Lipinski definition) is 6. The Hall–Kier alpha value is -4.86. The SMILES string of the molecule is Cc1cc(C[C@@H](OC(=O)N2CCC(n3nc(-c4ccccc4)[nH]c3=O)CC2)C(=O)O)cc(C)c1OCc1ccccc1. The lowest BCUT2D eigenvalue weighted by Gasteiger charge is -2.31. The van der Waals surface area contributed by atoms with E-state index in [1.807, 2.05) is 86.6 Å². The van der Waals surface area contributed by atoms with Crippen LogP contribution in [0.3, 0.4) is 0 Å². The molecule has 0 unspecified atom stereocenters. The normalized spacial score (nSPS) is 14.4. The Morgan fingerprint density at radius 2 is 1.60 bits per heavy atom. The molecule has 10 heteroatoms. The van der Waals surface area contributed by atoms with Crippen molar-refractivity contribution >= 4 is 12.1 Å². The summed E-state index contributed by atoms with van der Waals surface area (Å²) in [7, 11) is 0. The number of aliphatic carboxylic acids is 1. The van der Waals surface area contributed by atoms with Crippen LogP contribution in [0.2, 0.25) is 0 Å². The molecular weight excluding hydrogens is 536 g/mol. The number of rotatable bonds is 9. The molecule has 2 N–H and O–H groups in total. The zero-order valence-corrected chi connectivity index (χ0v) is 23.7. The van der Waals surface area contributed by atoms with Crippen molar-refractivity contribution < 1.29 is 24.2 Å². The van der Waals surface area contributed by atoms with Crippen LogP contribution in [0.1, 0.15) is 41.1 Å². The number of amides is 1. The van der Waals surface area contributed by atoms with E-state index >= 15 is 0 Å². The molecule has 4 aromatic rings. The summed E-state index contributed by atoms with van der Waals surface area (Å²) in [4.78, 5) is 41.8. The number of likely N-dealkylation sites (tertiary alicyclic amines) is 1. The minimum atomic E-state index is -1.34. The Morgan fingerprint density at radius 3 is 2.21 bits per heavy atom. The molecule has 0 bridgehead atoms. The fourth-order valence-corrected chi connectivity index (χ4v) is 5.31. The first-order valence-corrected chi connectivity index (χ1v) is 14.0. The molecule has 2 heterocycles. The van der Waals surface area contributed by atoms with Gasteiger partial charge in [-0.15, -0.1) is 5.10 Å². The number of aromatic nitrogens is 3. The predicted molar refractivity (Wildman–Crippen MR) is 156 cm³/mol. The standard InChI is InChI=1S/C32H34N4O6/c1-21-17-24(18-22(2)28(21)41-20-23-9-5-3-6-10-23)19-27(30(37)38)42-32(40)35-15-13-26(14-16-35)36-31(39)33-29(34-36)25-11-7-4-8-12-25/h3-12,17-18,26-27H,13-16,19-20H2,1-2H3,(H,37,38)(H,33,34,39)/t27-/m1/s1. The quantitative estimate of drug-likeness (QED) is 0.293. The second-order valence-electron chi connectivity index (χ2n) is 10.6. The third-order valence-corrected chi connectivity index (χ3v) is 7.44. The smallest absolute Gasteiger partial charge is 0.410 e. The molecule has 42 heavy (non-hydrogen) atoms. The Balaban J connectivity index is 1.18. The number of aryl methyl sites for hydroxylation is 2. The van der Waals surface area contributed by atoms with Crippen LogP contribution in [0.4, 0.5) is 4.79 Å². The van der Waals surface area contributed by atoms with Gasteiger partial charge < -0.3 is 19.5 Å². The highest BCUT2D eigenvalue weighted by Gasteiger charge is 2.30. The fourth-order valence-electron chi connectivity index (χ4n) is 5.31. The molecule has 0 saturated carbocycles. The van der Waals surface area contributed by atoms with Gasteiger partial charge in [-0.1, -0.05) is 72.8 Å². The van der Waals surface area contributed by atoms with Crippen LogP contribution in [0.5, 0.6) is 5.75 Å². The molecule has 1 amide bonds. The minimum Gasteiger partial charge on any atom is -0.488 e. The van der Waals surface area contributed by atoms with Crippen molar-refractivity contribution in [1.29, 1.82) is 0 Å². The van der Waals surface area contributed by atoms with Gasteiger partial charge in [0, 0.05) is 25.1 Å². The van der Waals surface area contributed by atoms with Crippen LogP contribution in [-0.4, -0.2) is 56.0 Å². The molecule has 5 rings (SSSR count). The first-order chi connectivity index (χ1) is 20.3. The number of aromatic amines is 1. The Morgan fingerprint density at radius 1 is 0.976 bits per heavy atom. The molecule has 1 saturated heterocycles. The lowest BCUT2D eigenvalue weighted by Crippen LogP contribution is -2.43. The molecular formula is C32H34N4O6. The second-order valence-corrected chi connectivity index (χ2v) is 10.6. The van der Waals surface area contributed by atoms with Crippen LogP contribution in [0.25, 0.3) is 11.4 Å². The van der Waals surface area contributed by atoms with E-state index in [4.69, 9.17) is 9.47 Å². The number of H-pyrrole nitrogens is 1. The highest BCUT2D eigenvalue weighted by molar-refractivity contribution is 5.77. The van der Waals surface area contributed by atoms with Gasteiger partial charge in [0.05, 0.1) is 6.04 Å². The van der Waals surface area contributed by atoms with Gasteiger partial charge in [0.25, 0.3) is 0 Å². The number of nitrogens with zero attached hydrogens (tertiary/aromatic N) is 3. The van der Waals surface area contributed by atoms with E-state index in [1.54, 1.807) is 0 Å². The third kappa shape index (κ3) is 6.71. The van der Waals surface area contributed by atoms with Gasteiger partial charge in [-0.3, -0.25) is 4.98 Å². The number of piperidine rings is 1. The number of nitrogens with one attached hydrogen (secondary N) is 1. The summed E-state index contributed by atoms with van der Waals surface area (Å²) >= 11 is 0. The number of carboxylic acid groups (broad SMARTS) is 1. The molecule has 1 fully saturated rings. The molecule has 1 aliphatic rings. The Labute approximate surface area is 243 Å². The number of carbonyl (C=O) groups is 2. The summed E-state index contributed by atoms with van der Waals surface area (Å²) in [6, 6.07) is 22.8. The first-order valence-electron chi connectivity index (χ1n) is 14.0. The minimum absolute atomic E-state index is 0.0309. The summed E-state index contributed by atoms with van der Waals surface area (Å²) in [6.07, 6.45) is -1.00. The van der Waals surface area contributed by atoms with Crippen molar-refractivity contribution in [2.45, 2.75) is 51.9 Å². The van der Waals surface area contributed by atoms with Gasteiger partial charge in [0.1, 0.15) is 12.4 Å². The maximum Gasteiger partial charge on any atom is 0.410 e. The largest absolute Gasteiger partial charge is 0.488 e. The maximum absolute atomic E-state index is 12.9. The lowest BCUT2D eigenvalue weighted by atomic mass is 10.0. The molecule has 1 aliphatic heterocycles. The van der Waals surface area contributed by atoms with Crippen LogP contribution in [0, 0.1) is 13.8 Å². The average molecular weight is 571 g/mol. The molecule has 1 atom stereocenters. The Kier molecular flexibility index (Phi) is 8.71. The van der Waals surface area contributed by atoms with Crippen molar-refractivity contribution in [2.24, 2.45) is 0 Å². The van der Waals surface area contributed by atoms with Crippen molar-refractivity contribution in [3.63, 3.8) is 0 Å². The van der Waals surface area contributed by atoms with Crippen LogP contribution in [-0.2, 0) is 22.6 Å². The topological polar surface area (TPSA) is 127 Å². The zero-order chi connectivity index (χ0) is 29.6. The highest BCUT2D eigenvalue weighted by Crippen LogP contribution is 2.27. The molecule has 10 nitrogen and oxygen atoms in total. The second kappa shape index (κ2) is 12.8. The van der Waals surface area contributed by atoms with Crippen molar-refractivity contribution in [2.75, 3.05) is 13.1 Å². The third-order valence-electron chi connectivity index (χ3n) is 7.44. The van der Waals surface area contributed by atoms with E-state index in [-0.39, 0.29) is 18.2 Å². The van der Waals surface area contributed by atoms with E-state index in [2.05, 4.69) is 10.1 Å². The van der Waals surface area contributed by atoms with Gasteiger partial charge in [-0.25, -0.2) is 19.1 Å². The molecule has 0 aliphatic carbocycles. The average Bonchev–Trinajstić information content (AvgIpc) is 3.39. The number of ether oxygens (including phenoxy) is 2. The lowest BCUT2D eigenvalue weighted by molar-refractivity contribution is -0.147. The summed E-state index contributed by atoms with van der Waals surface area (Å²) in [5.74, 6) is 0.0312. The summed E-state index contributed by atoms with van der Waals surface area (Å²) < 4.78 is 12.9. The van der Waals surface area contributed by atoms with E-state index in [9.17, 15) is 19.5 Å². The van der Waals surface area contributed by atoms with Crippen LogP contribution < -0.4 is 10.4 Å². The number of hydrogen-bond donors (Lipinski definition) is 2. The van der Waals surface area contributed by atoms with Crippen LogP contribution >= 0.6 is 0 Å². The maximum atomic E-state index is 12.9. The van der Waals surface area contributed by atoms with Crippen molar-refractivity contribution in [3.05, 3.63) is 106 Å². The van der Waals surface area contributed by atoms with Gasteiger partial charge >= 0.3 is 17.8 Å². The molecule has 3 aromatic carbocycles. The Bertz CT molecular complexity index is 1570. The summed E-state index contributed by atoms with van der Waals surface area (Å²) in [6.45, 7) is 4.90. The monoisotopic (exact) mass is 570 g/mol. The fraction of sp³-hybridized carbons (Fsp3) is 0.312. The van der Waals surface area contributed by atoms with Crippen LogP contribution in [0.15, 0.2) is 77.6 Å². The zero-order valence-electron chi connectivity index (χ0n) is 23.7. The van der Waals surface area contributed by atoms with E-state index in [0.717, 1.165) is 33.6 Å². The van der Waals surface area contributed by atoms with Gasteiger partial charge in [-0.2, -0.15) is 0 Å². The van der Waals surface area contributed by atoms with Gasteiger partial charge in [0.2, 0.25) is 6.10 Å². The first kappa shape index (κ1) is 28.7. The number of benzene rings is 3. The number of carbonyl (C=O) groups excluding carboxylic acids is 1.